The second-order valence-electron chi connectivity index (χ2n) is 23.3. The number of carbonyl (C=O) groups is 2. The van der Waals surface area contributed by atoms with Crippen molar-refractivity contribution >= 4 is 19.7 Å². The zero-order valence-electron chi connectivity index (χ0n) is 51.0. The maximum atomic E-state index is 13.5. The van der Waals surface area contributed by atoms with Crippen molar-refractivity contribution in [2.75, 3.05) is 40.9 Å². The van der Waals surface area contributed by atoms with Gasteiger partial charge in [-0.2, -0.15) is 0 Å². The summed E-state index contributed by atoms with van der Waals surface area (Å²) in [4.78, 5) is 37.7. The molecule has 76 heavy (non-hydrogen) atoms. The van der Waals surface area contributed by atoms with Crippen LogP contribution in [0.15, 0.2) is 48.6 Å². The Bertz CT molecular complexity index is 1440. The van der Waals surface area contributed by atoms with Crippen molar-refractivity contribution < 1.29 is 37.3 Å². The molecule has 0 bridgehead atoms. The number of hydrogen-bond donors (Lipinski definition) is 2. The van der Waals surface area contributed by atoms with Crippen LogP contribution < -0.4 is 5.32 Å². The summed E-state index contributed by atoms with van der Waals surface area (Å²) in [6, 6.07) is -0.847. The predicted octanol–water partition coefficient (Wildman–Crippen LogP) is 20.1. The number of amides is 1. The van der Waals surface area contributed by atoms with Gasteiger partial charge in [0, 0.05) is 12.8 Å². The SMILES string of the molecule is CCCCC/C=C\C/C=C\C/C=C\CCCCCCCCCCCCC(=O)OC(/C=C/CCCCCCCCCCCC)C(COP(=O)(O)OCC[N+](C)(C)C)NC(=O)CCCCCCCCCCCCCCCCC. The van der Waals surface area contributed by atoms with Crippen LogP contribution in [0.25, 0.3) is 0 Å². The first kappa shape index (κ1) is 74.0. The Labute approximate surface area is 471 Å². The largest absolute Gasteiger partial charge is 0.472 e. The highest BCUT2D eigenvalue weighted by molar-refractivity contribution is 7.47. The van der Waals surface area contributed by atoms with Crippen molar-refractivity contribution in [3.8, 4) is 0 Å². The van der Waals surface area contributed by atoms with Crippen LogP contribution in [-0.4, -0.2) is 74.3 Å². The van der Waals surface area contributed by atoms with Crippen LogP contribution in [0.4, 0.5) is 0 Å². The number of nitrogens with one attached hydrogen (secondary N) is 1. The highest BCUT2D eigenvalue weighted by Gasteiger charge is 2.30. The van der Waals surface area contributed by atoms with Gasteiger partial charge >= 0.3 is 13.8 Å². The van der Waals surface area contributed by atoms with E-state index >= 15 is 0 Å². The summed E-state index contributed by atoms with van der Waals surface area (Å²) in [5, 5.41) is 3.06. The van der Waals surface area contributed by atoms with Crippen molar-refractivity contribution in [3.63, 3.8) is 0 Å². The fourth-order valence-corrected chi connectivity index (χ4v) is 10.2. The Morgan fingerprint density at radius 2 is 0.803 bits per heavy atom. The summed E-state index contributed by atoms with van der Waals surface area (Å²) in [6.45, 7) is 7.02. The molecule has 3 unspecified atom stereocenters. The number of quaternary nitrogens is 1. The second-order valence-corrected chi connectivity index (χ2v) is 24.7. The average molecular weight is 1090 g/mol. The Hall–Kier alpha value is -2.03. The van der Waals surface area contributed by atoms with E-state index in [0.29, 0.717) is 17.4 Å². The number of rotatable bonds is 59. The van der Waals surface area contributed by atoms with Gasteiger partial charge in [-0.15, -0.1) is 0 Å². The van der Waals surface area contributed by atoms with E-state index in [1.807, 2.05) is 33.3 Å². The molecule has 0 saturated carbocycles. The fourth-order valence-electron chi connectivity index (χ4n) is 9.48. The molecule has 0 radical (unpaired) electrons. The molecule has 0 rings (SSSR count). The summed E-state index contributed by atoms with van der Waals surface area (Å²) >= 11 is 0. The number of ether oxygens (including phenoxy) is 1. The average Bonchev–Trinajstić information content (AvgIpc) is 3.38. The minimum atomic E-state index is -4.45. The van der Waals surface area contributed by atoms with E-state index < -0.39 is 20.0 Å². The molecule has 0 aromatic heterocycles. The second kappa shape index (κ2) is 56.3. The first-order valence-electron chi connectivity index (χ1n) is 32.5. The number of likely N-dealkylation sites (N-methyl/N-ethyl adjacent to an activating group) is 1. The van der Waals surface area contributed by atoms with Crippen molar-refractivity contribution in [2.45, 2.75) is 322 Å². The summed E-state index contributed by atoms with van der Waals surface area (Å²) in [6.07, 6.45) is 69.6. The lowest BCUT2D eigenvalue weighted by Crippen LogP contribution is -2.47. The van der Waals surface area contributed by atoms with Crippen LogP contribution in [-0.2, 0) is 27.9 Å². The molecule has 0 fully saturated rings. The quantitative estimate of drug-likeness (QED) is 0.0205. The van der Waals surface area contributed by atoms with E-state index in [-0.39, 0.29) is 31.5 Å². The van der Waals surface area contributed by atoms with Gasteiger partial charge in [-0.25, -0.2) is 4.57 Å². The number of allylic oxidation sites excluding steroid dienone is 7. The summed E-state index contributed by atoms with van der Waals surface area (Å²) < 4.78 is 30.7. The van der Waals surface area contributed by atoms with Crippen LogP contribution in [0, 0.1) is 0 Å². The Morgan fingerprint density at radius 3 is 1.22 bits per heavy atom. The van der Waals surface area contributed by atoms with E-state index in [2.05, 4.69) is 62.5 Å². The first-order chi connectivity index (χ1) is 36.9. The molecule has 0 saturated heterocycles. The molecule has 0 spiro atoms. The van der Waals surface area contributed by atoms with Gasteiger partial charge in [-0.05, 0) is 70.3 Å². The van der Waals surface area contributed by atoms with Crippen LogP contribution in [0.2, 0.25) is 0 Å². The molecule has 10 heteroatoms. The molecular weight excluding hydrogens is 964 g/mol. The molecule has 0 aromatic rings. The van der Waals surface area contributed by atoms with Crippen molar-refractivity contribution in [1.29, 1.82) is 0 Å². The van der Waals surface area contributed by atoms with Gasteiger partial charge in [0.05, 0.1) is 33.8 Å². The van der Waals surface area contributed by atoms with Crippen molar-refractivity contribution in [2.24, 2.45) is 0 Å². The molecule has 2 N–H and O–H groups in total. The van der Waals surface area contributed by atoms with Crippen molar-refractivity contribution in [1.82, 2.24) is 5.32 Å². The van der Waals surface area contributed by atoms with E-state index in [9.17, 15) is 19.0 Å². The Kier molecular flexibility index (Phi) is 54.7. The monoisotopic (exact) mass is 1090 g/mol. The van der Waals surface area contributed by atoms with E-state index in [1.54, 1.807) is 0 Å². The Balaban J connectivity index is 5.15. The van der Waals surface area contributed by atoms with Crippen LogP contribution >= 0.6 is 7.82 Å². The maximum absolute atomic E-state index is 13.5. The first-order valence-corrected chi connectivity index (χ1v) is 34.0. The molecule has 0 heterocycles. The number of carbonyl (C=O) groups excluding carboxylic acids is 2. The summed E-state index contributed by atoms with van der Waals surface area (Å²) in [7, 11) is 1.50. The van der Waals surface area contributed by atoms with Gasteiger partial charge in [0.1, 0.15) is 19.3 Å². The van der Waals surface area contributed by atoms with E-state index in [0.717, 1.165) is 70.6 Å². The normalized spacial score (nSPS) is 13.9. The van der Waals surface area contributed by atoms with Gasteiger partial charge in [0.2, 0.25) is 5.91 Å². The van der Waals surface area contributed by atoms with Crippen molar-refractivity contribution in [3.05, 3.63) is 48.6 Å². The van der Waals surface area contributed by atoms with Crippen LogP contribution in [0.5, 0.6) is 0 Å². The third-order valence-corrected chi connectivity index (χ3v) is 15.5. The highest BCUT2D eigenvalue weighted by atomic mass is 31.2. The predicted molar refractivity (Wildman–Crippen MR) is 328 cm³/mol. The summed E-state index contributed by atoms with van der Waals surface area (Å²) in [5.74, 6) is -0.497. The molecule has 0 aromatic carbocycles. The topological polar surface area (TPSA) is 111 Å². The maximum Gasteiger partial charge on any atom is 0.472 e. The molecule has 3 atom stereocenters. The lowest BCUT2D eigenvalue weighted by Gasteiger charge is -2.27. The minimum absolute atomic E-state index is 0.0411. The van der Waals surface area contributed by atoms with E-state index in [4.69, 9.17) is 13.8 Å². The fraction of sp³-hybridized carbons (Fsp3) is 0.848. The Morgan fingerprint density at radius 1 is 0.461 bits per heavy atom. The van der Waals surface area contributed by atoms with Crippen LogP contribution in [0.3, 0.4) is 0 Å². The smallest absolute Gasteiger partial charge is 0.456 e. The molecular formula is C66H126N2O7P+. The summed E-state index contributed by atoms with van der Waals surface area (Å²) in [5.41, 5.74) is 0. The highest BCUT2D eigenvalue weighted by Crippen LogP contribution is 2.43. The molecule has 0 aliphatic carbocycles. The van der Waals surface area contributed by atoms with Gasteiger partial charge in [-0.3, -0.25) is 18.6 Å². The number of phosphoric ester groups is 1. The molecule has 0 aliphatic heterocycles. The van der Waals surface area contributed by atoms with Gasteiger partial charge < -0.3 is 19.4 Å². The standard InChI is InChI=1S/C66H125N2O7P/c1-7-10-13-16-19-22-25-28-30-31-32-33-34-35-36-37-39-41-44-47-50-53-56-59-66(70)75-64(57-54-51-48-45-42-27-24-21-18-15-12-9-3)63(62-74-76(71,72)73-61-60-68(4,5)6)67-65(69)58-55-52-49-46-43-40-38-29-26-23-20-17-14-11-8-2/h19,22,28,30,32-33,54,57,63-64H,7-18,20-21,23-27,29,31,34-53,55-56,58-62H2,1-6H3,(H-,67,69,71,72)/p+1/b22-19-,30-28-,33-32-,57-54+. The van der Waals surface area contributed by atoms with Gasteiger partial charge in [0.15, 0.2) is 0 Å². The zero-order valence-corrected chi connectivity index (χ0v) is 51.9. The third-order valence-electron chi connectivity index (χ3n) is 14.5. The lowest BCUT2D eigenvalue weighted by molar-refractivity contribution is -0.870. The number of nitrogens with zero attached hydrogens (tertiary/aromatic N) is 1. The number of phosphoric acid groups is 1. The third kappa shape index (κ3) is 56.7. The van der Waals surface area contributed by atoms with Gasteiger partial charge in [-0.1, -0.05) is 275 Å². The van der Waals surface area contributed by atoms with Crippen LogP contribution in [0.1, 0.15) is 310 Å². The number of esters is 1. The molecule has 9 nitrogen and oxygen atoms in total. The van der Waals surface area contributed by atoms with E-state index in [1.165, 1.54) is 205 Å². The minimum Gasteiger partial charge on any atom is -0.456 e. The lowest BCUT2D eigenvalue weighted by atomic mass is 10.0. The molecule has 1 amide bonds. The number of unbranched alkanes of at least 4 members (excludes halogenated alkanes) is 37. The zero-order chi connectivity index (χ0) is 55.7. The molecule has 0 aliphatic rings. The molecule has 446 valence electrons. The number of hydrogen-bond acceptors (Lipinski definition) is 6. The van der Waals surface area contributed by atoms with Gasteiger partial charge in [0.25, 0.3) is 0 Å².